The Morgan fingerprint density at radius 2 is 1.40 bits per heavy atom. The van der Waals surface area contributed by atoms with Crippen molar-refractivity contribution in [3.05, 3.63) is 48.3 Å². The Hall–Kier alpha value is -0.687. The van der Waals surface area contributed by atoms with Crippen molar-refractivity contribution in [2.24, 2.45) is 0 Å². The molecule has 2 aliphatic rings. The maximum Gasteiger partial charge on any atom is 0.0995 e. The number of carbonyl (C=O) groups excluding carboxylic acids is 1. The van der Waals surface area contributed by atoms with Crippen LogP contribution in [-0.2, 0) is 28.3 Å². The first kappa shape index (κ1) is 25.6. The number of aromatic nitrogens is 2. The minimum atomic E-state index is -0.379. The van der Waals surface area contributed by atoms with Crippen molar-refractivity contribution in [2.75, 3.05) is 0 Å². The summed E-state index contributed by atoms with van der Waals surface area (Å²) >= 11 is 1.62. The maximum absolute atomic E-state index is 7.75. The molecule has 6 heteroatoms. The van der Waals surface area contributed by atoms with Crippen LogP contribution < -0.4 is 0 Å². The van der Waals surface area contributed by atoms with Crippen LogP contribution in [-0.4, -0.2) is 28.1 Å². The van der Waals surface area contributed by atoms with Gasteiger partial charge in [0.2, 0.25) is 0 Å². The molecule has 2 aromatic rings. The monoisotopic (exact) mass is 534 g/mol. The molecule has 4 rings (SSSR count). The summed E-state index contributed by atoms with van der Waals surface area (Å²) in [5.74, 6) is 0. The SMILES string of the molecule is [CH-]=O.[Cl][RuH].c1ccc(-c2cccc(C[PH+](C3CCCCC3)C3CCCCC3)n2)nc1. The van der Waals surface area contributed by atoms with Gasteiger partial charge in [0.25, 0.3) is 0 Å². The van der Waals surface area contributed by atoms with E-state index >= 15 is 0 Å². The van der Waals surface area contributed by atoms with Gasteiger partial charge in [0.05, 0.1) is 34.6 Å². The number of rotatable bonds is 5. The molecule has 2 aliphatic carbocycles. The van der Waals surface area contributed by atoms with Crippen LogP contribution in [0.3, 0.4) is 0 Å². The van der Waals surface area contributed by atoms with Gasteiger partial charge < -0.3 is 4.79 Å². The maximum atomic E-state index is 7.75. The van der Waals surface area contributed by atoms with Crippen LogP contribution in [0.5, 0.6) is 0 Å². The van der Waals surface area contributed by atoms with E-state index in [4.69, 9.17) is 9.78 Å². The molecule has 3 nitrogen and oxygen atoms in total. The van der Waals surface area contributed by atoms with Crippen LogP contribution in [0.25, 0.3) is 11.4 Å². The number of hydrogen-bond acceptors (Lipinski definition) is 3. The van der Waals surface area contributed by atoms with Crippen LogP contribution in [0, 0.1) is 0 Å². The molecule has 0 bridgehead atoms. The third-order valence-electron chi connectivity index (χ3n) is 6.38. The molecule has 0 spiro atoms. The second-order valence-electron chi connectivity index (χ2n) is 8.15. The Labute approximate surface area is 197 Å². The Morgan fingerprint density at radius 1 is 0.833 bits per heavy atom. The van der Waals surface area contributed by atoms with Gasteiger partial charge in [-0.05, 0) is 75.6 Å². The van der Waals surface area contributed by atoms with Crippen molar-refractivity contribution in [3.8, 4) is 11.4 Å². The molecule has 2 fully saturated rings. The van der Waals surface area contributed by atoms with Crippen LogP contribution in [0.2, 0.25) is 0 Å². The van der Waals surface area contributed by atoms with Crippen molar-refractivity contribution in [3.63, 3.8) is 0 Å². The second kappa shape index (κ2) is 15.2. The Kier molecular flexibility index (Phi) is 12.9. The van der Waals surface area contributed by atoms with E-state index in [-0.39, 0.29) is 7.92 Å². The summed E-state index contributed by atoms with van der Waals surface area (Å²) in [6.07, 6.45) is 17.9. The number of halogens is 1. The van der Waals surface area contributed by atoms with Crippen molar-refractivity contribution < 1.29 is 22.1 Å². The van der Waals surface area contributed by atoms with Gasteiger partial charge in [-0.3, -0.25) is 11.8 Å². The zero-order chi connectivity index (χ0) is 21.6. The van der Waals surface area contributed by atoms with Crippen LogP contribution in [0.15, 0.2) is 42.6 Å². The fraction of sp³-hybridized carbons (Fsp3) is 0.542. The first-order valence-electron chi connectivity index (χ1n) is 11.0. The predicted molar refractivity (Wildman–Crippen MR) is 127 cm³/mol. The van der Waals surface area contributed by atoms with Crippen LogP contribution >= 0.6 is 17.6 Å². The van der Waals surface area contributed by atoms with Crippen molar-refractivity contribution >= 4 is 24.4 Å². The van der Waals surface area contributed by atoms with E-state index in [1.807, 2.05) is 12.3 Å². The molecule has 2 saturated carbocycles. The summed E-state index contributed by atoms with van der Waals surface area (Å²) in [5, 5.41) is 0. The quantitative estimate of drug-likeness (QED) is 0.187. The number of hydrogen-bond donors (Lipinski definition) is 0. The summed E-state index contributed by atoms with van der Waals surface area (Å²) in [7, 11) is 4.23. The average Bonchev–Trinajstić information content (AvgIpc) is 2.87. The van der Waals surface area contributed by atoms with E-state index in [2.05, 4.69) is 51.8 Å². The van der Waals surface area contributed by atoms with E-state index in [1.54, 1.807) is 17.3 Å². The molecule has 30 heavy (non-hydrogen) atoms. The van der Waals surface area contributed by atoms with Gasteiger partial charge in [0, 0.05) is 14.1 Å². The summed E-state index contributed by atoms with van der Waals surface area (Å²) < 4.78 is 0. The molecule has 0 atom stereocenters. The predicted octanol–water partition coefficient (Wildman–Crippen LogP) is 6.67. The van der Waals surface area contributed by atoms with Gasteiger partial charge in [-0.15, -0.1) is 0 Å². The first-order valence-corrected chi connectivity index (χ1v) is 15.3. The van der Waals surface area contributed by atoms with Gasteiger partial charge in [0.15, 0.2) is 0 Å². The van der Waals surface area contributed by atoms with Gasteiger partial charge in [-0.1, -0.05) is 25.0 Å². The molecule has 0 saturated heterocycles. The Morgan fingerprint density at radius 3 is 1.93 bits per heavy atom. The molecule has 0 unspecified atom stereocenters. The summed E-state index contributed by atoms with van der Waals surface area (Å²) in [6, 6.07) is 12.7. The van der Waals surface area contributed by atoms with Gasteiger partial charge in [-0.25, -0.2) is 4.98 Å². The molecule has 2 aromatic heterocycles. The fourth-order valence-electron chi connectivity index (χ4n) is 5.01. The smallest absolute Gasteiger partial charge is 0.0995 e. The number of nitrogens with zero attached hydrogens (tertiary/aromatic N) is 2. The molecule has 0 aliphatic heterocycles. The van der Waals surface area contributed by atoms with E-state index in [0.717, 1.165) is 22.7 Å². The standard InChI is InChI=1S/C23H31N2P.CHO.ClH.Ru.H/c1-3-11-20(12-4-1)26(21-13-5-2-6-14-21)18-19-10-9-16-23(25-19)22-15-7-8-17-24-22;1-2;;;/h7-10,15-17,20-21H,1-6,11-14,18H2;1H;1H;;/q;-1;;+1;. The second-order valence-corrected chi connectivity index (χ2v) is 11.3. The first-order chi connectivity index (χ1) is 14.9. The van der Waals surface area contributed by atoms with Crippen molar-refractivity contribution in [1.29, 1.82) is 0 Å². The minimum absolute atomic E-state index is 0.379. The molecule has 2 heterocycles. The number of pyridine rings is 2. The summed E-state index contributed by atoms with van der Waals surface area (Å²) in [4.78, 5) is 17.3. The van der Waals surface area contributed by atoms with Crippen LogP contribution in [0.4, 0.5) is 0 Å². The topological polar surface area (TPSA) is 42.9 Å². The molecular formula is C24H34ClN2OPRu. The third-order valence-corrected chi connectivity index (χ3v) is 10.4. The fourth-order valence-corrected chi connectivity index (χ4v) is 9.17. The summed E-state index contributed by atoms with van der Waals surface area (Å²) in [6.45, 7) is 3.25. The molecule has 0 amide bonds. The Balaban J connectivity index is 0.000000757. The molecule has 166 valence electrons. The Bertz CT molecular complexity index is 691. The molecule has 0 aromatic carbocycles. The molecule has 0 N–H and O–H groups in total. The van der Waals surface area contributed by atoms with E-state index < -0.39 is 0 Å². The van der Waals surface area contributed by atoms with Gasteiger partial charge in [0.1, 0.15) is 0 Å². The molecular weight excluding hydrogens is 500 g/mol. The largest absolute Gasteiger partial charge is 0.255 e. The zero-order valence-corrected chi connectivity index (χ0v) is 21.2. The van der Waals surface area contributed by atoms with Crippen molar-refractivity contribution in [1.82, 2.24) is 9.97 Å². The third kappa shape index (κ3) is 7.78. The van der Waals surface area contributed by atoms with E-state index in [0.29, 0.717) is 0 Å². The average molecular weight is 534 g/mol. The van der Waals surface area contributed by atoms with Crippen molar-refractivity contribution in [2.45, 2.75) is 81.7 Å². The van der Waals surface area contributed by atoms with Gasteiger partial charge in [-0.2, -0.15) is 0 Å². The van der Waals surface area contributed by atoms with Crippen LogP contribution in [0.1, 0.15) is 69.9 Å². The summed E-state index contributed by atoms with van der Waals surface area (Å²) in [5.41, 5.74) is 5.41. The zero-order valence-electron chi connectivity index (χ0n) is 17.6. The molecule has 0 radical (unpaired) electrons. The van der Waals surface area contributed by atoms with E-state index in [9.17, 15) is 0 Å². The van der Waals surface area contributed by atoms with Gasteiger partial charge >= 0.3 is 27.0 Å². The minimum Gasteiger partial charge on any atom is -0.255 e. The van der Waals surface area contributed by atoms with E-state index in [1.165, 1.54) is 76.1 Å². The normalized spacial score (nSPS) is 17.5.